The lowest BCUT2D eigenvalue weighted by atomic mass is 10.2. The molecule has 3 aromatic rings. The summed E-state index contributed by atoms with van der Waals surface area (Å²) in [4.78, 5) is 17.2. The predicted octanol–water partition coefficient (Wildman–Crippen LogP) is 3.19. The van der Waals surface area contributed by atoms with Crippen LogP contribution in [0.15, 0.2) is 53.7 Å². The van der Waals surface area contributed by atoms with Crippen LogP contribution in [0.5, 0.6) is 0 Å². The fraction of sp³-hybridized carbons (Fsp3) is 0.318. The molecule has 32 heavy (non-hydrogen) atoms. The van der Waals surface area contributed by atoms with Gasteiger partial charge < -0.3 is 21.0 Å². The van der Waals surface area contributed by atoms with Gasteiger partial charge in [0.2, 0.25) is 11.1 Å². The molecule has 0 bridgehead atoms. The van der Waals surface area contributed by atoms with E-state index in [1.54, 1.807) is 12.1 Å². The minimum Gasteiger partial charge on any atom is -0.369 e. The molecule has 8 nitrogen and oxygen atoms in total. The van der Waals surface area contributed by atoms with E-state index in [0.717, 1.165) is 44.0 Å². The van der Waals surface area contributed by atoms with Gasteiger partial charge in [-0.3, -0.25) is 4.79 Å². The van der Waals surface area contributed by atoms with E-state index in [4.69, 9.17) is 17.4 Å². The molecule has 4 rings (SSSR count). The molecule has 10 heteroatoms. The number of likely N-dealkylation sites (N-methyl/N-ethyl adjacent to an activating group) is 1. The normalized spacial score (nSPS) is 14.5. The zero-order chi connectivity index (χ0) is 22.5. The highest BCUT2D eigenvalue weighted by Gasteiger charge is 2.16. The van der Waals surface area contributed by atoms with E-state index in [2.05, 4.69) is 44.4 Å². The van der Waals surface area contributed by atoms with Gasteiger partial charge in [0.25, 0.3) is 0 Å². The third-order valence-corrected chi connectivity index (χ3v) is 6.59. The Balaban J connectivity index is 1.30. The molecule has 168 valence electrons. The van der Waals surface area contributed by atoms with Gasteiger partial charge >= 0.3 is 0 Å². The molecule has 0 radical (unpaired) electrons. The maximum atomic E-state index is 12.4. The molecule has 0 aliphatic carbocycles. The van der Waals surface area contributed by atoms with Crippen LogP contribution in [0.3, 0.4) is 0 Å². The molecule has 1 aliphatic heterocycles. The first-order valence-corrected chi connectivity index (χ1v) is 11.9. The zero-order valence-corrected chi connectivity index (χ0v) is 19.4. The van der Waals surface area contributed by atoms with E-state index >= 15 is 0 Å². The Labute approximate surface area is 196 Å². The number of nitrogens with two attached hydrogens (primary N) is 1. The van der Waals surface area contributed by atoms with E-state index in [-0.39, 0.29) is 11.7 Å². The molecule has 2 heterocycles. The first-order chi connectivity index (χ1) is 15.5. The number of carbonyl (C=O) groups excluding carboxylic acids is 1. The van der Waals surface area contributed by atoms with Crippen LogP contribution in [0.25, 0.3) is 11.4 Å². The maximum absolute atomic E-state index is 12.4. The van der Waals surface area contributed by atoms with Crippen molar-refractivity contribution in [2.45, 2.75) is 12.1 Å². The quantitative estimate of drug-likeness (QED) is 0.404. The van der Waals surface area contributed by atoms with Crippen molar-refractivity contribution in [2.24, 2.45) is 0 Å². The number of nitrogens with zero attached hydrogens (tertiary/aromatic N) is 5. The molecule has 3 N–H and O–H groups in total. The van der Waals surface area contributed by atoms with Gasteiger partial charge in [-0.2, -0.15) is 0 Å². The summed E-state index contributed by atoms with van der Waals surface area (Å²) >= 11 is 7.27. The number of hydrogen-bond donors (Lipinski definition) is 2. The van der Waals surface area contributed by atoms with Crippen molar-refractivity contribution in [3.05, 3.63) is 53.6 Å². The largest absolute Gasteiger partial charge is 0.369 e. The van der Waals surface area contributed by atoms with Crippen LogP contribution in [0.1, 0.15) is 6.92 Å². The number of hydrogen-bond acceptors (Lipinski definition) is 7. The van der Waals surface area contributed by atoms with Crippen LogP contribution in [-0.4, -0.2) is 64.2 Å². The Kier molecular flexibility index (Phi) is 7.19. The Morgan fingerprint density at radius 3 is 2.56 bits per heavy atom. The van der Waals surface area contributed by atoms with Gasteiger partial charge in [-0.15, -0.1) is 10.2 Å². The Hall–Kier alpha value is -2.75. The molecular formula is C22H26ClN7OS. The van der Waals surface area contributed by atoms with E-state index in [0.29, 0.717) is 16.0 Å². The number of aromatic nitrogens is 3. The molecule has 1 aliphatic rings. The van der Waals surface area contributed by atoms with Gasteiger partial charge in [0.05, 0.1) is 5.75 Å². The smallest absolute Gasteiger partial charge is 0.234 e. The SMILES string of the molecule is CCN1CCN(c2ccc(NC(=O)CSc3nnc(-c4cccc(Cl)c4)n3N)cc2)CC1. The number of amides is 1. The zero-order valence-electron chi connectivity index (χ0n) is 17.9. The molecule has 0 saturated carbocycles. The van der Waals surface area contributed by atoms with E-state index in [1.165, 1.54) is 22.1 Å². The summed E-state index contributed by atoms with van der Waals surface area (Å²) < 4.78 is 1.37. The van der Waals surface area contributed by atoms with Crippen molar-refractivity contribution < 1.29 is 4.79 Å². The van der Waals surface area contributed by atoms with Crippen molar-refractivity contribution in [1.29, 1.82) is 0 Å². The first kappa shape index (κ1) is 22.4. The van der Waals surface area contributed by atoms with Crippen LogP contribution < -0.4 is 16.1 Å². The van der Waals surface area contributed by atoms with Crippen molar-refractivity contribution in [3.63, 3.8) is 0 Å². The summed E-state index contributed by atoms with van der Waals surface area (Å²) in [5.74, 6) is 6.65. The number of benzene rings is 2. The highest BCUT2D eigenvalue weighted by molar-refractivity contribution is 7.99. The first-order valence-electron chi connectivity index (χ1n) is 10.5. The van der Waals surface area contributed by atoms with E-state index in [1.807, 2.05) is 24.3 Å². The lowest BCUT2D eigenvalue weighted by Crippen LogP contribution is -2.46. The molecule has 1 amide bonds. The number of anilines is 2. The molecule has 0 unspecified atom stereocenters. The van der Waals surface area contributed by atoms with Gasteiger partial charge in [-0.25, -0.2) is 4.68 Å². The summed E-state index contributed by atoms with van der Waals surface area (Å²) in [5.41, 5.74) is 2.71. The fourth-order valence-corrected chi connectivity index (χ4v) is 4.45. The third kappa shape index (κ3) is 5.35. The fourth-order valence-electron chi connectivity index (χ4n) is 3.60. The van der Waals surface area contributed by atoms with Crippen LogP contribution in [0, 0.1) is 0 Å². The van der Waals surface area contributed by atoms with Crippen LogP contribution in [0.2, 0.25) is 5.02 Å². The Morgan fingerprint density at radius 2 is 1.88 bits per heavy atom. The molecular weight excluding hydrogens is 446 g/mol. The molecule has 2 aromatic carbocycles. The molecule has 1 aromatic heterocycles. The number of rotatable bonds is 7. The van der Waals surface area contributed by atoms with Crippen LogP contribution in [0.4, 0.5) is 11.4 Å². The van der Waals surface area contributed by atoms with Gasteiger partial charge in [0.1, 0.15) is 0 Å². The maximum Gasteiger partial charge on any atom is 0.234 e. The minimum atomic E-state index is -0.133. The van der Waals surface area contributed by atoms with Gasteiger partial charge in [-0.05, 0) is 42.9 Å². The number of nitrogen functional groups attached to an aromatic ring is 1. The lowest BCUT2D eigenvalue weighted by Gasteiger charge is -2.35. The highest BCUT2D eigenvalue weighted by Crippen LogP contribution is 2.24. The van der Waals surface area contributed by atoms with Crippen molar-refractivity contribution in [2.75, 3.05) is 54.5 Å². The summed E-state index contributed by atoms with van der Waals surface area (Å²) in [6, 6.07) is 15.2. The van der Waals surface area contributed by atoms with Gasteiger partial charge in [0.15, 0.2) is 5.82 Å². The van der Waals surface area contributed by atoms with Crippen LogP contribution in [-0.2, 0) is 4.79 Å². The average molecular weight is 472 g/mol. The Morgan fingerprint density at radius 1 is 1.12 bits per heavy atom. The third-order valence-electron chi connectivity index (χ3n) is 5.42. The second-order valence-corrected chi connectivity index (χ2v) is 8.87. The number of carbonyl (C=O) groups is 1. The number of piperazine rings is 1. The van der Waals surface area contributed by atoms with Crippen molar-refractivity contribution in [3.8, 4) is 11.4 Å². The number of halogens is 1. The van der Waals surface area contributed by atoms with Gasteiger partial charge in [0, 0.05) is 48.1 Å². The lowest BCUT2D eigenvalue weighted by molar-refractivity contribution is -0.113. The van der Waals surface area contributed by atoms with Gasteiger partial charge in [-0.1, -0.05) is 42.4 Å². The van der Waals surface area contributed by atoms with E-state index < -0.39 is 0 Å². The summed E-state index contributed by atoms with van der Waals surface area (Å²) in [7, 11) is 0. The highest BCUT2D eigenvalue weighted by atomic mass is 35.5. The summed E-state index contributed by atoms with van der Waals surface area (Å²) in [6.07, 6.45) is 0. The topological polar surface area (TPSA) is 92.3 Å². The summed E-state index contributed by atoms with van der Waals surface area (Å²) in [5, 5.41) is 12.2. The van der Waals surface area contributed by atoms with Crippen LogP contribution >= 0.6 is 23.4 Å². The number of thioether (sulfide) groups is 1. The Bertz CT molecular complexity index is 1060. The van der Waals surface area contributed by atoms with E-state index in [9.17, 15) is 4.79 Å². The monoisotopic (exact) mass is 471 g/mol. The molecule has 0 spiro atoms. The van der Waals surface area contributed by atoms with Crippen molar-refractivity contribution >= 4 is 40.6 Å². The second kappa shape index (κ2) is 10.2. The molecule has 0 atom stereocenters. The summed E-state index contributed by atoms with van der Waals surface area (Å²) in [6.45, 7) is 7.49. The molecule has 1 saturated heterocycles. The second-order valence-electron chi connectivity index (χ2n) is 7.49. The van der Waals surface area contributed by atoms with Crippen molar-refractivity contribution in [1.82, 2.24) is 19.8 Å². The number of nitrogens with one attached hydrogen (secondary N) is 1. The minimum absolute atomic E-state index is 0.133. The standard InChI is InChI=1S/C22H26ClN7OS/c1-2-28-10-12-29(13-11-28)19-8-6-18(7-9-19)25-20(31)15-32-22-27-26-21(30(22)24)16-4-3-5-17(23)14-16/h3-9,14H,2,10-13,15,24H2,1H3,(H,25,31). The molecule has 1 fully saturated rings. The average Bonchev–Trinajstić information content (AvgIpc) is 3.18. The predicted molar refractivity (Wildman–Crippen MR) is 131 cm³/mol.